The van der Waals surface area contributed by atoms with Crippen molar-refractivity contribution in [2.45, 2.75) is 32.4 Å². The fraction of sp³-hybridized carbons (Fsp3) is 0.526. The van der Waals surface area contributed by atoms with Crippen LogP contribution >= 0.6 is 0 Å². The standard InChI is InChI=1S/C19H25N5O/c1-14(2)24-6-5-18(19(24)25)23-9-7-22(8-10-23)16-3-4-17-15(11-16)12-20-13-21-17/h3-4,11-14,18H,5-10H2,1-2H3. The van der Waals surface area contributed by atoms with Crippen LogP contribution in [0.25, 0.3) is 10.9 Å². The molecule has 0 saturated carbocycles. The van der Waals surface area contributed by atoms with Crippen LogP contribution in [0.2, 0.25) is 0 Å². The predicted octanol–water partition coefficient (Wildman–Crippen LogP) is 1.76. The number of hydrogen-bond acceptors (Lipinski definition) is 5. The second-order valence-corrected chi connectivity index (χ2v) is 7.22. The van der Waals surface area contributed by atoms with E-state index in [1.165, 1.54) is 5.69 Å². The van der Waals surface area contributed by atoms with Crippen molar-refractivity contribution < 1.29 is 4.79 Å². The number of likely N-dealkylation sites (tertiary alicyclic amines) is 1. The second kappa shape index (κ2) is 6.59. The van der Waals surface area contributed by atoms with Gasteiger partial charge in [0, 0.05) is 56.0 Å². The zero-order valence-electron chi connectivity index (χ0n) is 14.9. The summed E-state index contributed by atoms with van der Waals surface area (Å²) in [6, 6.07) is 6.73. The number of rotatable bonds is 3. The third kappa shape index (κ3) is 3.06. The summed E-state index contributed by atoms with van der Waals surface area (Å²) in [5.41, 5.74) is 2.19. The molecule has 3 heterocycles. The van der Waals surface area contributed by atoms with E-state index in [1.807, 2.05) is 11.1 Å². The fourth-order valence-electron chi connectivity index (χ4n) is 4.00. The molecule has 6 heteroatoms. The zero-order valence-corrected chi connectivity index (χ0v) is 14.9. The Morgan fingerprint density at radius 2 is 1.92 bits per heavy atom. The van der Waals surface area contributed by atoms with Crippen LogP contribution in [0.3, 0.4) is 0 Å². The highest BCUT2D eigenvalue weighted by Gasteiger charge is 2.37. The monoisotopic (exact) mass is 339 g/mol. The van der Waals surface area contributed by atoms with Crippen molar-refractivity contribution in [3.05, 3.63) is 30.7 Å². The van der Waals surface area contributed by atoms with Gasteiger partial charge in [-0.05, 0) is 38.5 Å². The van der Waals surface area contributed by atoms with Gasteiger partial charge in [-0.25, -0.2) is 9.97 Å². The molecule has 2 aliphatic rings. The van der Waals surface area contributed by atoms with E-state index in [2.05, 4.69) is 51.8 Å². The molecule has 0 aliphatic carbocycles. The van der Waals surface area contributed by atoms with Crippen molar-refractivity contribution >= 4 is 22.5 Å². The summed E-state index contributed by atoms with van der Waals surface area (Å²) in [4.78, 5) is 27.8. The Bertz CT molecular complexity index is 769. The number of nitrogens with zero attached hydrogens (tertiary/aromatic N) is 5. The summed E-state index contributed by atoms with van der Waals surface area (Å²) in [6.45, 7) is 8.86. The number of amides is 1. The van der Waals surface area contributed by atoms with Gasteiger partial charge in [0.15, 0.2) is 0 Å². The van der Waals surface area contributed by atoms with Gasteiger partial charge in [0.2, 0.25) is 5.91 Å². The Hall–Kier alpha value is -2.21. The maximum Gasteiger partial charge on any atom is 0.240 e. The summed E-state index contributed by atoms with van der Waals surface area (Å²) in [5, 5.41) is 1.07. The lowest BCUT2D eigenvalue weighted by molar-refractivity contribution is -0.133. The highest BCUT2D eigenvalue weighted by Crippen LogP contribution is 2.24. The lowest BCUT2D eigenvalue weighted by Crippen LogP contribution is -2.53. The van der Waals surface area contributed by atoms with Crippen LogP contribution in [0.4, 0.5) is 5.69 Å². The summed E-state index contributed by atoms with van der Waals surface area (Å²) < 4.78 is 0. The van der Waals surface area contributed by atoms with E-state index >= 15 is 0 Å². The second-order valence-electron chi connectivity index (χ2n) is 7.22. The normalized spacial score (nSPS) is 22.4. The summed E-state index contributed by atoms with van der Waals surface area (Å²) in [6.07, 6.45) is 4.41. The number of carbonyl (C=O) groups is 1. The molecule has 1 amide bonds. The Morgan fingerprint density at radius 3 is 2.64 bits per heavy atom. The average molecular weight is 339 g/mol. The van der Waals surface area contributed by atoms with Gasteiger partial charge >= 0.3 is 0 Å². The van der Waals surface area contributed by atoms with Crippen LogP contribution in [0, 0.1) is 0 Å². The van der Waals surface area contributed by atoms with Crippen molar-refractivity contribution in [2.75, 3.05) is 37.6 Å². The number of anilines is 1. The molecule has 0 N–H and O–H groups in total. The van der Waals surface area contributed by atoms with Crippen LogP contribution in [0.5, 0.6) is 0 Å². The van der Waals surface area contributed by atoms with Crippen LogP contribution in [0.15, 0.2) is 30.7 Å². The van der Waals surface area contributed by atoms with Crippen molar-refractivity contribution in [1.29, 1.82) is 0 Å². The van der Waals surface area contributed by atoms with Crippen LogP contribution in [0.1, 0.15) is 20.3 Å². The molecule has 132 valence electrons. The third-order valence-electron chi connectivity index (χ3n) is 5.44. The molecule has 2 fully saturated rings. The Balaban J connectivity index is 1.42. The Labute approximate surface area is 148 Å². The van der Waals surface area contributed by atoms with Gasteiger partial charge < -0.3 is 9.80 Å². The molecule has 1 unspecified atom stereocenters. The SMILES string of the molecule is CC(C)N1CCC(N2CCN(c3ccc4ncncc4c3)CC2)C1=O. The molecule has 0 bridgehead atoms. The first kappa shape index (κ1) is 16.3. The molecule has 25 heavy (non-hydrogen) atoms. The minimum atomic E-state index is 0.0783. The molecule has 2 aromatic rings. The number of fused-ring (bicyclic) bond motifs is 1. The molecule has 6 nitrogen and oxygen atoms in total. The fourth-order valence-corrected chi connectivity index (χ4v) is 4.00. The van der Waals surface area contributed by atoms with Crippen LogP contribution in [-0.2, 0) is 4.79 Å². The summed E-state index contributed by atoms with van der Waals surface area (Å²) in [5.74, 6) is 0.311. The number of piperazine rings is 1. The lowest BCUT2D eigenvalue weighted by atomic mass is 10.1. The number of carbonyl (C=O) groups excluding carboxylic acids is 1. The molecular formula is C19H25N5O. The van der Waals surface area contributed by atoms with E-state index in [1.54, 1.807) is 6.33 Å². The summed E-state index contributed by atoms with van der Waals surface area (Å²) >= 11 is 0. The number of hydrogen-bond donors (Lipinski definition) is 0. The van der Waals surface area contributed by atoms with Crippen LogP contribution in [-0.4, -0.2) is 70.5 Å². The van der Waals surface area contributed by atoms with E-state index in [0.717, 1.165) is 50.0 Å². The van der Waals surface area contributed by atoms with Gasteiger partial charge in [0.05, 0.1) is 11.6 Å². The maximum absolute atomic E-state index is 12.6. The molecule has 2 saturated heterocycles. The first-order valence-electron chi connectivity index (χ1n) is 9.13. The third-order valence-corrected chi connectivity index (χ3v) is 5.44. The average Bonchev–Trinajstić information content (AvgIpc) is 3.03. The highest BCUT2D eigenvalue weighted by molar-refractivity contribution is 5.84. The van der Waals surface area contributed by atoms with Crippen molar-refractivity contribution in [1.82, 2.24) is 19.8 Å². The first-order chi connectivity index (χ1) is 12.1. The van der Waals surface area contributed by atoms with E-state index in [4.69, 9.17) is 0 Å². The van der Waals surface area contributed by atoms with E-state index in [0.29, 0.717) is 11.9 Å². The number of aromatic nitrogens is 2. The maximum atomic E-state index is 12.6. The molecule has 0 spiro atoms. The minimum absolute atomic E-state index is 0.0783. The molecule has 1 atom stereocenters. The zero-order chi connectivity index (χ0) is 17.4. The van der Waals surface area contributed by atoms with Crippen LogP contribution < -0.4 is 4.90 Å². The van der Waals surface area contributed by atoms with E-state index < -0.39 is 0 Å². The lowest BCUT2D eigenvalue weighted by Gasteiger charge is -2.38. The van der Waals surface area contributed by atoms with Gasteiger partial charge in [-0.2, -0.15) is 0 Å². The minimum Gasteiger partial charge on any atom is -0.369 e. The molecule has 1 aromatic carbocycles. The molecule has 1 aromatic heterocycles. The number of benzene rings is 1. The molecule has 0 radical (unpaired) electrons. The predicted molar refractivity (Wildman–Crippen MR) is 98.6 cm³/mol. The molecule has 4 rings (SSSR count). The first-order valence-corrected chi connectivity index (χ1v) is 9.13. The van der Waals surface area contributed by atoms with Gasteiger partial charge in [-0.3, -0.25) is 9.69 Å². The van der Waals surface area contributed by atoms with Crippen molar-refractivity contribution in [2.24, 2.45) is 0 Å². The van der Waals surface area contributed by atoms with E-state index in [9.17, 15) is 4.79 Å². The molecular weight excluding hydrogens is 314 g/mol. The van der Waals surface area contributed by atoms with Gasteiger partial charge in [-0.15, -0.1) is 0 Å². The van der Waals surface area contributed by atoms with E-state index in [-0.39, 0.29) is 6.04 Å². The van der Waals surface area contributed by atoms with Crippen molar-refractivity contribution in [3.8, 4) is 0 Å². The van der Waals surface area contributed by atoms with Gasteiger partial charge in [0.1, 0.15) is 6.33 Å². The Kier molecular flexibility index (Phi) is 4.29. The van der Waals surface area contributed by atoms with Crippen molar-refractivity contribution in [3.63, 3.8) is 0 Å². The largest absolute Gasteiger partial charge is 0.369 e. The quantitative estimate of drug-likeness (QED) is 0.853. The highest BCUT2D eigenvalue weighted by atomic mass is 16.2. The van der Waals surface area contributed by atoms with Gasteiger partial charge in [0.25, 0.3) is 0 Å². The Morgan fingerprint density at radius 1 is 1.12 bits per heavy atom. The smallest absolute Gasteiger partial charge is 0.240 e. The van der Waals surface area contributed by atoms with Gasteiger partial charge in [-0.1, -0.05) is 0 Å². The topological polar surface area (TPSA) is 52.6 Å². The summed E-state index contributed by atoms with van der Waals surface area (Å²) in [7, 11) is 0. The molecule has 2 aliphatic heterocycles.